The van der Waals surface area contributed by atoms with E-state index in [1.807, 2.05) is 6.07 Å². The van der Waals surface area contributed by atoms with Gasteiger partial charge in [-0.15, -0.1) is 0 Å². The van der Waals surface area contributed by atoms with Crippen LogP contribution in [0.1, 0.15) is 11.4 Å². The van der Waals surface area contributed by atoms with Gasteiger partial charge in [0.2, 0.25) is 5.88 Å². The number of nitrogens with zero attached hydrogens (tertiary/aromatic N) is 5. The van der Waals surface area contributed by atoms with Gasteiger partial charge in [0, 0.05) is 29.5 Å². The van der Waals surface area contributed by atoms with Crippen molar-refractivity contribution in [2.75, 3.05) is 0 Å². The van der Waals surface area contributed by atoms with Gasteiger partial charge >= 0.3 is 0 Å². The van der Waals surface area contributed by atoms with E-state index in [-0.39, 0.29) is 11.3 Å². The Kier molecular flexibility index (Phi) is 4.64. The minimum atomic E-state index is -0.706. The van der Waals surface area contributed by atoms with E-state index in [0.29, 0.717) is 34.0 Å². The Bertz CT molecular complexity index is 1250. The lowest BCUT2D eigenvalue weighted by Crippen LogP contribution is -1.98. The number of aromatic nitrogens is 4. The first-order valence-corrected chi connectivity index (χ1v) is 8.91. The van der Waals surface area contributed by atoms with Crippen molar-refractivity contribution in [3.05, 3.63) is 65.6 Å². The van der Waals surface area contributed by atoms with Gasteiger partial charge in [0.25, 0.3) is 0 Å². The molecule has 9 heteroatoms. The topological polar surface area (TPSA) is 76.1 Å². The Hall–Kier alpha value is -3.13. The summed E-state index contributed by atoms with van der Waals surface area (Å²) in [5, 5.41) is 13.3. The van der Waals surface area contributed by atoms with Crippen LogP contribution in [0, 0.1) is 29.9 Å². The number of pyridine rings is 1. The Morgan fingerprint density at radius 1 is 1.18 bits per heavy atom. The fraction of sp³-hybridized carbons (Fsp3) is 0.0526. The molecule has 0 amide bonds. The number of rotatable bonds is 3. The van der Waals surface area contributed by atoms with Gasteiger partial charge in [0.15, 0.2) is 28.7 Å². The average Bonchev–Trinajstić information content (AvgIpc) is 3.03. The summed E-state index contributed by atoms with van der Waals surface area (Å²) in [5.74, 6) is -0.993. The highest BCUT2D eigenvalue weighted by molar-refractivity contribution is 14.1. The molecule has 0 saturated heterocycles. The minimum absolute atomic E-state index is 0.191. The van der Waals surface area contributed by atoms with E-state index in [1.165, 1.54) is 22.8 Å². The molecule has 3 aromatic heterocycles. The van der Waals surface area contributed by atoms with Crippen molar-refractivity contribution >= 4 is 28.7 Å². The van der Waals surface area contributed by atoms with Crippen molar-refractivity contribution in [2.45, 2.75) is 6.92 Å². The van der Waals surface area contributed by atoms with Gasteiger partial charge in [-0.05, 0) is 31.2 Å². The van der Waals surface area contributed by atoms with Gasteiger partial charge in [-0.3, -0.25) is 0 Å². The first-order valence-electron chi connectivity index (χ1n) is 8.02. The quantitative estimate of drug-likeness (QED) is 0.392. The third kappa shape index (κ3) is 3.05. The molecule has 0 aliphatic rings. The van der Waals surface area contributed by atoms with E-state index in [4.69, 9.17) is 8.33 Å². The molecule has 0 aliphatic carbocycles. The number of halogens is 3. The van der Waals surface area contributed by atoms with Crippen LogP contribution in [0.2, 0.25) is 0 Å². The highest BCUT2D eigenvalue weighted by Gasteiger charge is 2.20. The molecular weight excluding hydrogens is 479 g/mol. The standard InChI is InChI=1S/C19H10F2IN5O/c1-10-18(14-5-3-12(20)6-15(14)21)19-25-16(7-17(28-22)27(19)26-10)11-2-4-13(8-23)24-9-11/h2-7,9H,1H3. The maximum absolute atomic E-state index is 14.4. The number of nitriles is 1. The maximum atomic E-state index is 14.4. The van der Waals surface area contributed by atoms with Crippen LogP contribution in [0.4, 0.5) is 8.78 Å². The molecule has 1 aromatic carbocycles. The van der Waals surface area contributed by atoms with E-state index in [1.54, 1.807) is 48.1 Å². The normalized spacial score (nSPS) is 10.8. The van der Waals surface area contributed by atoms with Gasteiger partial charge in [0.1, 0.15) is 23.4 Å². The van der Waals surface area contributed by atoms with Crippen LogP contribution >= 0.6 is 23.0 Å². The second kappa shape index (κ2) is 7.12. The predicted molar refractivity (Wildman–Crippen MR) is 106 cm³/mol. The number of aryl methyl sites for hydroxylation is 1. The molecule has 0 aliphatic heterocycles. The molecule has 0 unspecified atom stereocenters. The summed E-state index contributed by atoms with van der Waals surface area (Å²) in [5.41, 5.74) is 2.95. The van der Waals surface area contributed by atoms with Crippen molar-refractivity contribution < 1.29 is 11.8 Å². The molecule has 0 fully saturated rings. The largest absolute Gasteiger partial charge is 0.408 e. The molecule has 3 heterocycles. The van der Waals surface area contributed by atoms with Gasteiger partial charge in [0.05, 0.1) is 17.0 Å². The molecule has 0 atom stereocenters. The fourth-order valence-corrected chi connectivity index (χ4v) is 3.23. The van der Waals surface area contributed by atoms with Crippen LogP contribution in [0.5, 0.6) is 5.88 Å². The zero-order chi connectivity index (χ0) is 19.8. The molecule has 6 nitrogen and oxygen atoms in total. The minimum Gasteiger partial charge on any atom is -0.408 e. The van der Waals surface area contributed by atoms with Crippen molar-refractivity contribution in [1.29, 1.82) is 5.26 Å². The highest BCUT2D eigenvalue weighted by Crippen LogP contribution is 2.34. The summed E-state index contributed by atoms with van der Waals surface area (Å²) in [6.07, 6.45) is 1.52. The second-order valence-corrected chi connectivity index (χ2v) is 6.36. The lowest BCUT2D eigenvalue weighted by molar-refractivity contribution is 0.585. The van der Waals surface area contributed by atoms with Crippen LogP contribution in [0.25, 0.3) is 28.0 Å². The zero-order valence-electron chi connectivity index (χ0n) is 14.3. The average molecular weight is 489 g/mol. The molecule has 0 N–H and O–H groups in total. The van der Waals surface area contributed by atoms with E-state index in [9.17, 15) is 8.78 Å². The third-order valence-corrected chi connectivity index (χ3v) is 4.64. The van der Waals surface area contributed by atoms with Crippen LogP contribution in [0.15, 0.2) is 42.6 Å². The molecule has 0 spiro atoms. The number of hydrogen-bond acceptors (Lipinski definition) is 5. The Morgan fingerprint density at radius 2 is 2.00 bits per heavy atom. The van der Waals surface area contributed by atoms with Crippen LogP contribution in [0.3, 0.4) is 0 Å². The Balaban J connectivity index is 1.99. The lowest BCUT2D eigenvalue weighted by Gasteiger charge is -2.07. The molecule has 0 radical (unpaired) electrons. The van der Waals surface area contributed by atoms with Crippen LogP contribution in [-0.2, 0) is 0 Å². The molecule has 4 aromatic rings. The van der Waals surface area contributed by atoms with Crippen LogP contribution in [-0.4, -0.2) is 19.6 Å². The number of fused-ring (bicyclic) bond motifs is 1. The third-order valence-electron chi connectivity index (χ3n) is 4.18. The monoisotopic (exact) mass is 489 g/mol. The van der Waals surface area contributed by atoms with Gasteiger partial charge in [-0.25, -0.2) is 18.7 Å². The molecule has 28 heavy (non-hydrogen) atoms. The summed E-state index contributed by atoms with van der Waals surface area (Å²) in [6, 6.07) is 10.3. The van der Waals surface area contributed by atoms with Gasteiger partial charge < -0.3 is 3.07 Å². The first-order chi connectivity index (χ1) is 13.5. The van der Waals surface area contributed by atoms with Gasteiger partial charge in [-0.2, -0.15) is 14.9 Å². The Labute approximate surface area is 172 Å². The zero-order valence-corrected chi connectivity index (χ0v) is 16.5. The highest BCUT2D eigenvalue weighted by atomic mass is 127. The fourth-order valence-electron chi connectivity index (χ4n) is 2.92. The number of hydrogen-bond donors (Lipinski definition) is 0. The summed E-state index contributed by atoms with van der Waals surface area (Å²) < 4.78 is 34.6. The smallest absolute Gasteiger partial charge is 0.229 e. The van der Waals surface area contributed by atoms with Crippen molar-refractivity contribution in [3.63, 3.8) is 0 Å². The lowest BCUT2D eigenvalue weighted by atomic mass is 10.1. The summed E-state index contributed by atoms with van der Waals surface area (Å²) in [7, 11) is 0. The van der Waals surface area contributed by atoms with E-state index in [0.717, 1.165) is 6.07 Å². The first kappa shape index (κ1) is 18.2. The summed E-state index contributed by atoms with van der Waals surface area (Å²) in [4.78, 5) is 8.65. The molecule has 4 rings (SSSR count). The van der Waals surface area contributed by atoms with Crippen LogP contribution < -0.4 is 3.07 Å². The summed E-state index contributed by atoms with van der Waals surface area (Å²) in [6.45, 7) is 1.72. The molecule has 0 saturated carbocycles. The van der Waals surface area contributed by atoms with Crippen molar-refractivity contribution in [2.24, 2.45) is 0 Å². The van der Waals surface area contributed by atoms with Gasteiger partial charge in [-0.1, -0.05) is 0 Å². The van der Waals surface area contributed by atoms with E-state index in [2.05, 4.69) is 15.1 Å². The van der Waals surface area contributed by atoms with Crippen molar-refractivity contribution in [1.82, 2.24) is 19.6 Å². The number of benzene rings is 1. The van der Waals surface area contributed by atoms with E-state index < -0.39 is 11.6 Å². The summed E-state index contributed by atoms with van der Waals surface area (Å²) >= 11 is 1.72. The molecule has 138 valence electrons. The predicted octanol–water partition coefficient (Wildman–Crippen LogP) is 4.65. The SMILES string of the molecule is Cc1nn2c(OI)cc(-c3ccc(C#N)nc3)nc2c1-c1ccc(F)cc1F. The maximum Gasteiger partial charge on any atom is 0.229 e. The van der Waals surface area contributed by atoms with Crippen molar-refractivity contribution in [3.8, 4) is 34.3 Å². The van der Waals surface area contributed by atoms with E-state index >= 15 is 0 Å². The Morgan fingerprint density at radius 3 is 2.64 bits per heavy atom. The second-order valence-electron chi connectivity index (χ2n) is 5.92. The molecule has 0 bridgehead atoms. The molecular formula is C19H10F2IN5O.